The van der Waals surface area contributed by atoms with E-state index >= 15 is 0 Å². The summed E-state index contributed by atoms with van der Waals surface area (Å²) in [4.78, 5) is 17.5. The fraction of sp³-hybridized carbons (Fsp3) is 0.455. The first-order valence-electron chi connectivity index (χ1n) is 5.48. The second-order valence-corrected chi connectivity index (χ2v) is 3.94. The van der Waals surface area contributed by atoms with Gasteiger partial charge in [-0.25, -0.2) is 4.98 Å². The molecule has 0 unspecified atom stereocenters. The smallest absolute Gasteiger partial charge is 0.254 e. The molecule has 0 aliphatic heterocycles. The summed E-state index contributed by atoms with van der Waals surface area (Å²) >= 11 is 5.81. The molecule has 1 amide bonds. The average molecular weight is 274 g/mol. The molecule has 1 aromatic rings. The largest absolute Gasteiger partial charge is 0.395 e. The number of anilines is 1. The van der Waals surface area contributed by atoms with E-state index in [1.807, 2.05) is 0 Å². The number of nitrogens with one attached hydrogen (secondary N) is 1. The van der Waals surface area contributed by atoms with E-state index in [0.717, 1.165) is 0 Å². The summed E-state index contributed by atoms with van der Waals surface area (Å²) in [5, 5.41) is 20.8. The second kappa shape index (κ2) is 7.15. The fourth-order valence-electron chi connectivity index (χ4n) is 1.49. The van der Waals surface area contributed by atoms with Gasteiger partial charge in [0.05, 0.1) is 13.2 Å². The second-order valence-electron chi connectivity index (χ2n) is 3.55. The molecule has 3 N–H and O–H groups in total. The van der Waals surface area contributed by atoms with E-state index in [-0.39, 0.29) is 37.4 Å². The van der Waals surface area contributed by atoms with Gasteiger partial charge in [0, 0.05) is 25.7 Å². The summed E-state index contributed by atoms with van der Waals surface area (Å²) in [7, 11) is 1.67. The number of aromatic nitrogens is 1. The van der Waals surface area contributed by atoms with Crippen molar-refractivity contribution in [2.24, 2.45) is 0 Å². The van der Waals surface area contributed by atoms with Gasteiger partial charge in [-0.2, -0.15) is 0 Å². The lowest BCUT2D eigenvalue weighted by molar-refractivity contribution is 0.0685. The van der Waals surface area contributed by atoms with Crippen LogP contribution in [0.3, 0.4) is 0 Å². The maximum atomic E-state index is 12.1. The predicted molar refractivity (Wildman–Crippen MR) is 68.9 cm³/mol. The molecule has 0 aliphatic carbocycles. The number of nitrogens with zero attached hydrogens (tertiary/aromatic N) is 2. The minimum atomic E-state index is -0.307. The van der Waals surface area contributed by atoms with Gasteiger partial charge in [-0.15, -0.1) is 0 Å². The van der Waals surface area contributed by atoms with Crippen LogP contribution in [0.15, 0.2) is 12.1 Å². The molecular weight excluding hydrogens is 258 g/mol. The van der Waals surface area contributed by atoms with Crippen LogP contribution >= 0.6 is 11.6 Å². The summed E-state index contributed by atoms with van der Waals surface area (Å²) < 4.78 is 0. The SMILES string of the molecule is CNc1cc(C(=O)N(CCO)CCO)cc(Cl)n1. The number of rotatable bonds is 6. The maximum Gasteiger partial charge on any atom is 0.254 e. The van der Waals surface area contributed by atoms with Crippen molar-refractivity contribution in [1.82, 2.24) is 9.88 Å². The molecule has 0 radical (unpaired) electrons. The topological polar surface area (TPSA) is 85.7 Å². The van der Waals surface area contributed by atoms with Crippen LogP contribution in [0.2, 0.25) is 5.15 Å². The quantitative estimate of drug-likeness (QED) is 0.645. The van der Waals surface area contributed by atoms with Crippen LogP contribution in [0.1, 0.15) is 10.4 Å². The third-order valence-corrected chi connectivity index (χ3v) is 2.52. The molecule has 1 heterocycles. The highest BCUT2D eigenvalue weighted by atomic mass is 35.5. The zero-order valence-corrected chi connectivity index (χ0v) is 10.8. The van der Waals surface area contributed by atoms with E-state index in [1.54, 1.807) is 13.1 Å². The Kier molecular flexibility index (Phi) is 5.84. The van der Waals surface area contributed by atoms with Crippen LogP contribution < -0.4 is 5.32 Å². The average Bonchev–Trinajstić information content (AvgIpc) is 2.36. The van der Waals surface area contributed by atoms with E-state index in [2.05, 4.69) is 10.3 Å². The highest BCUT2D eigenvalue weighted by molar-refractivity contribution is 6.29. The summed E-state index contributed by atoms with van der Waals surface area (Å²) in [5.41, 5.74) is 0.362. The number of aliphatic hydroxyl groups excluding tert-OH is 2. The molecule has 0 saturated carbocycles. The zero-order chi connectivity index (χ0) is 13.5. The third kappa shape index (κ3) is 3.83. The number of amides is 1. The summed E-state index contributed by atoms with van der Waals surface area (Å²) in [5.74, 6) is 0.178. The Bertz CT molecular complexity index is 409. The van der Waals surface area contributed by atoms with Gasteiger partial charge in [-0.05, 0) is 12.1 Å². The Morgan fingerprint density at radius 3 is 2.50 bits per heavy atom. The van der Waals surface area contributed by atoms with E-state index < -0.39 is 0 Å². The number of halogens is 1. The number of aliphatic hydroxyl groups is 2. The Balaban J connectivity index is 2.96. The lowest BCUT2D eigenvalue weighted by atomic mass is 10.2. The molecule has 6 nitrogen and oxygen atoms in total. The van der Waals surface area contributed by atoms with Crippen molar-refractivity contribution in [3.63, 3.8) is 0 Å². The molecule has 0 fully saturated rings. The Hall–Kier alpha value is -1.37. The van der Waals surface area contributed by atoms with Gasteiger partial charge < -0.3 is 20.4 Å². The number of hydrogen-bond donors (Lipinski definition) is 3. The monoisotopic (exact) mass is 273 g/mol. The Morgan fingerprint density at radius 1 is 1.39 bits per heavy atom. The number of carbonyl (C=O) groups is 1. The maximum absolute atomic E-state index is 12.1. The van der Waals surface area contributed by atoms with Gasteiger partial charge >= 0.3 is 0 Å². The molecule has 18 heavy (non-hydrogen) atoms. The van der Waals surface area contributed by atoms with Crippen molar-refractivity contribution < 1.29 is 15.0 Å². The van der Waals surface area contributed by atoms with Crippen molar-refractivity contribution in [1.29, 1.82) is 0 Å². The normalized spacial score (nSPS) is 10.2. The van der Waals surface area contributed by atoms with Gasteiger partial charge in [-0.3, -0.25) is 4.79 Å². The van der Waals surface area contributed by atoms with E-state index in [0.29, 0.717) is 11.4 Å². The molecule has 100 valence electrons. The standard InChI is InChI=1S/C11H16ClN3O3/c1-13-10-7-8(6-9(12)14-10)11(18)15(2-4-16)3-5-17/h6-7,16-17H,2-5H2,1H3,(H,13,14). The van der Waals surface area contributed by atoms with Crippen LogP contribution in [-0.4, -0.2) is 59.4 Å². The number of carbonyl (C=O) groups excluding carboxylic acids is 1. The first-order chi connectivity index (χ1) is 8.62. The molecule has 0 aromatic carbocycles. The van der Waals surface area contributed by atoms with Crippen LogP contribution in [0, 0.1) is 0 Å². The Labute approximate surface area is 110 Å². The lowest BCUT2D eigenvalue weighted by Gasteiger charge is -2.20. The van der Waals surface area contributed by atoms with Gasteiger partial charge in [0.1, 0.15) is 11.0 Å². The van der Waals surface area contributed by atoms with E-state index in [4.69, 9.17) is 21.8 Å². The predicted octanol–water partition coefficient (Wildman–Crippen LogP) is 0.203. The molecule has 7 heteroatoms. The molecule has 1 aromatic heterocycles. The van der Waals surface area contributed by atoms with Crippen LogP contribution in [-0.2, 0) is 0 Å². The minimum Gasteiger partial charge on any atom is -0.395 e. The first kappa shape index (κ1) is 14.7. The Morgan fingerprint density at radius 2 is 2.00 bits per heavy atom. The summed E-state index contributed by atoms with van der Waals surface area (Å²) in [6.07, 6.45) is 0. The van der Waals surface area contributed by atoms with Crippen molar-refractivity contribution in [3.8, 4) is 0 Å². The van der Waals surface area contributed by atoms with Gasteiger partial charge in [0.2, 0.25) is 0 Å². The van der Waals surface area contributed by atoms with Crippen LogP contribution in [0.4, 0.5) is 5.82 Å². The molecule has 0 saturated heterocycles. The number of hydrogen-bond acceptors (Lipinski definition) is 5. The summed E-state index contributed by atoms with van der Waals surface area (Å²) in [6, 6.07) is 3.02. The van der Waals surface area contributed by atoms with Crippen molar-refractivity contribution >= 4 is 23.3 Å². The van der Waals surface area contributed by atoms with E-state index in [1.165, 1.54) is 11.0 Å². The molecule has 1 rings (SSSR count). The highest BCUT2D eigenvalue weighted by Crippen LogP contribution is 2.15. The molecule has 0 bridgehead atoms. The summed E-state index contributed by atoms with van der Waals surface area (Å²) in [6.45, 7) is -0.00464. The van der Waals surface area contributed by atoms with Gasteiger partial charge in [0.25, 0.3) is 5.91 Å². The molecular formula is C11H16ClN3O3. The van der Waals surface area contributed by atoms with Crippen molar-refractivity contribution in [2.45, 2.75) is 0 Å². The third-order valence-electron chi connectivity index (χ3n) is 2.32. The van der Waals surface area contributed by atoms with Crippen molar-refractivity contribution in [2.75, 3.05) is 38.7 Å². The minimum absolute atomic E-state index is 0.161. The van der Waals surface area contributed by atoms with Crippen LogP contribution in [0.25, 0.3) is 0 Å². The highest BCUT2D eigenvalue weighted by Gasteiger charge is 2.16. The van der Waals surface area contributed by atoms with Crippen molar-refractivity contribution in [3.05, 3.63) is 22.8 Å². The van der Waals surface area contributed by atoms with Gasteiger partial charge in [-0.1, -0.05) is 11.6 Å². The number of pyridine rings is 1. The molecule has 0 atom stereocenters. The van der Waals surface area contributed by atoms with E-state index in [9.17, 15) is 4.79 Å². The van der Waals surface area contributed by atoms with Crippen LogP contribution in [0.5, 0.6) is 0 Å². The van der Waals surface area contributed by atoms with Gasteiger partial charge in [0.15, 0.2) is 0 Å². The molecule has 0 aliphatic rings. The molecule has 0 spiro atoms. The lowest BCUT2D eigenvalue weighted by Crippen LogP contribution is -2.35. The first-order valence-corrected chi connectivity index (χ1v) is 5.86. The zero-order valence-electron chi connectivity index (χ0n) is 10.1. The fourth-order valence-corrected chi connectivity index (χ4v) is 1.70.